The summed E-state index contributed by atoms with van der Waals surface area (Å²) in [6.07, 6.45) is 4.44. The van der Waals surface area contributed by atoms with Crippen molar-refractivity contribution in [2.24, 2.45) is 4.99 Å². The number of nitrogens with zero attached hydrogens (tertiary/aromatic N) is 1. The van der Waals surface area contributed by atoms with Gasteiger partial charge in [-0.05, 0) is 37.7 Å². The zero-order valence-electron chi connectivity index (χ0n) is 13.9. The Hall–Kier alpha value is -0.410. The lowest BCUT2D eigenvalue weighted by molar-refractivity contribution is -0.0154. The molecule has 7 heteroatoms. The van der Waals surface area contributed by atoms with E-state index in [1.165, 1.54) is 0 Å². The van der Waals surface area contributed by atoms with Gasteiger partial charge in [-0.15, -0.1) is 24.0 Å². The van der Waals surface area contributed by atoms with Crippen molar-refractivity contribution in [3.8, 4) is 0 Å². The van der Waals surface area contributed by atoms with Gasteiger partial charge in [-0.1, -0.05) is 6.92 Å². The molecule has 0 aromatic carbocycles. The molecule has 0 amide bonds. The van der Waals surface area contributed by atoms with Crippen molar-refractivity contribution in [3.05, 3.63) is 24.2 Å². The van der Waals surface area contributed by atoms with E-state index in [2.05, 4.69) is 22.5 Å². The molecule has 2 atom stereocenters. The molecule has 1 heterocycles. The maximum atomic E-state index is 10.6. The van der Waals surface area contributed by atoms with E-state index in [-0.39, 0.29) is 24.0 Å². The van der Waals surface area contributed by atoms with Crippen LogP contribution in [0.4, 0.5) is 0 Å². The van der Waals surface area contributed by atoms with Crippen LogP contribution < -0.4 is 10.6 Å². The number of aliphatic imine (C=N–C) groups is 1. The van der Waals surface area contributed by atoms with Crippen molar-refractivity contribution in [3.63, 3.8) is 0 Å². The molecule has 2 rings (SSSR count). The van der Waals surface area contributed by atoms with Crippen LogP contribution in [0.5, 0.6) is 0 Å². The third kappa shape index (κ3) is 6.19. The fourth-order valence-corrected chi connectivity index (χ4v) is 3.72. The number of aliphatic hydroxyl groups is 1. The second-order valence-electron chi connectivity index (χ2n) is 5.54. The Morgan fingerprint density at radius 3 is 2.87 bits per heavy atom. The number of furan rings is 1. The topological polar surface area (TPSA) is 69.8 Å². The van der Waals surface area contributed by atoms with Crippen LogP contribution in [-0.4, -0.2) is 47.3 Å². The van der Waals surface area contributed by atoms with Crippen molar-refractivity contribution in [1.29, 1.82) is 0 Å². The zero-order valence-corrected chi connectivity index (χ0v) is 17.0. The molecule has 0 aliphatic heterocycles. The largest absolute Gasteiger partial charge is 0.469 e. The van der Waals surface area contributed by atoms with Gasteiger partial charge < -0.3 is 20.2 Å². The second-order valence-corrected chi connectivity index (χ2v) is 7.02. The number of guanidine groups is 1. The first kappa shape index (κ1) is 20.6. The molecule has 0 saturated heterocycles. The fraction of sp³-hybridized carbons (Fsp3) is 0.688. The minimum Gasteiger partial charge on any atom is -0.469 e. The van der Waals surface area contributed by atoms with E-state index in [1.807, 2.05) is 30.8 Å². The molecule has 23 heavy (non-hydrogen) atoms. The first-order chi connectivity index (χ1) is 10.7. The molecular formula is C16H28IN3O2S. The second kappa shape index (κ2) is 10.5. The van der Waals surface area contributed by atoms with Gasteiger partial charge in [-0.25, -0.2) is 0 Å². The summed E-state index contributed by atoms with van der Waals surface area (Å²) in [6.45, 7) is 6.19. The van der Waals surface area contributed by atoms with E-state index in [0.29, 0.717) is 11.8 Å². The number of hydrogen-bond donors (Lipinski definition) is 3. The quantitative estimate of drug-likeness (QED) is 0.321. The summed E-state index contributed by atoms with van der Waals surface area (Å²) >= 11 is 1.83. The van der Waals surface area contributed by atoms with Crippen molar-refractivity contribution in [2.75, 3.05) is 25.4 Å². The van der Waals surface area contributed by atoms with Crippen LogP contribution in [0, 0.1) is 0 Å². The minimum absolute atomic E-state index is 0. The van der Waals surface area contributed by atoms with Gasteiger partial charge in [-0.2, -0.15) is 11.8 Å². The minimum atomic E-state index is -0.635. The van der Waals surface area contributed by atoms with E-state index in [4.69, 9.17) is 4.42 Å². The predicted octanol–water partition coefficient (Wildman–Crippen LogP) is 2.64. The Bertz CT molecular complexity index is 470. The summed E-state index contributed by atoms with van der Waals surface area (Å²) in [5.41, 5.74) is -0.635. The summed E-state index contributed by atoms with van der Waals surface area (Å²) < 4.78 is 5.31. The van der Waals surface area contributed by atoms with Crippen LogP contribution in [0.25, 0.3) is 0 Å². The normalized spacial score (nSPS) is 23.8. The first-order valence-corrected chi connectivity index (χ1v) is 9.11. The number of rotatable bonds is 8. The number of nitrogens with one attached hydrogen (secondary N) is 2. The molecule has 1 aromatic heterocycles. The summed E-state index contributed by atoms with van der Waals surface area (Å²) in [6, 6.07) is 3.86. The monoisotopic (exact) mass is 453 g/mol. The maximum absolute atomic E-state index is 10.6. The molecule has 5 nitrogen and oxygen atoms in total. The Kier molecular flexibility index (Phi) is 9.38. The lowest BCUT2D eigenvalue weighted by Crippen LogP contribution is -2.53. The van der Waals surface area contributed by atoms with Gasteiger partial charge in [0.25, 0.3) is 0 Å². The highest BCUT2D eigenvalue weighted by Gasteiger charge is 2.45. The van der Waals surface area contributed by atoms with Crippen molar-refractivity contribution >= 4 is 41.7 Å². The molecule has 1 aromatic rings. The highest BCUT2D eigenvalue weighted by molar-refractivity contribution is 14.0. The molecule has 132 valence electrons. The van der Waals surface area contributed by atoms with Gasteiger partial charge in [0.15, 0.2) is 5.96 Å². The van der Waals surface area contributed by atoms with Crippen LogP contribution in [0.2, 0.25) is 0 Å². The van der Waals surface area contributed by atoms with Gasteiger partial charge in [0.05, 0.1) is 18.4 Å². The van der Waals surface area contributed by atoms with Gasteiger partial charge in [0, 0.05) is 24.8 Å². The van der Waals surface area contributed by atoms with Crippen LogP contribution in [-0.2, 0) is 6.42 Å². The first-order valence-electron chi connectivity index (χ1n) is 8.06. The Morgan fingerprint density at radius 1 is 1.48 bits per heavy atom. The van der Waals surface area contributed by atoms with Crippen LogP contribution in [0.3, 0.4) is 0 Å². The number of halogens is 1. The third-order valence-corrected chi connectivity index (χ3v) is 5.32. The van der Waals surface area contributed by atoms with Crippen LogP contribution in [0.1, 0.15) is 32.4 Å². The Labute approximate surface area is 160 Å². The molecule has 2 unspecified atom stereocenters. The predicted molar refractivity (Wildman–Crippen MR) is 108 cm³/mol. The number of hydrogen-bond acceptors (Lipinski definition) is 4. The van der Waals surface area contributed by atoms with Gasteiger partial charge in [0.1, 0.15) is 5.76 Å². The summed E-state index contributed by atoms with van der Waals surface area (Å²) in [7, 11) is 0. The highest BCUT2D eigenvalue weighted by atomic mass is 127. The number of thioether (sulfide) groups is 1. The molecule has 1 saturated carbocycles. The van der Waals surface area contributed by atoms with Crippen LogP contribution in [0.15, 0.2) is 27.8 Å². The smallest absolute Gasteiger partial charge is 0.191 e. The molecule has 0 spiro atoms. The molecular weight excluding hydrogens is 425 g/mol. The SMILES string of the molecule is CCNC(=NCC1(O)CCC1SCC)NCCc1ccco1.I. The maximum Gasteiger partial charge on any atom is 0.191 e. The highest BCUT2D eigenvalue weighted by Crippen LogP contribution is 2.41. The standard InChI is InChI=1S/C16H27N3O2S.HI/c1-3-17-15(18-10-8-13-6-5-11-21-13)19-12-16(20)9-7-14(16)22-4-2;/h5-6,11,14,20H,3-4,7-10,12H2,1-2H3,(H2,17,18,19);1H. The molecule has 1 aliphatic rings. The average Bonchev–Trinajstić information content (AvgIpc) is 3.02. The Balaban J connectivity index is 0.00000264. The average molecular weight is 453 g/mol. The van der Waals surface area contributed by atoms with Gasteiger partial charge in [-0.3, -0.25) is 4.99 Å². The van der Waals surface area contributed by atoms with E-state index in [0.717, 1.165) is 49.8 Å². The summed E-state index contributed by atoms with van der Waals surface area (Å²) in [5, 5.41) is 17.4. The van der Waals surface area contributed by atoms with Crippen molar-refractivity contribution in [1.82, 2.24) is 10.6 Å². The van der Waals surface area contributed by atoms with E-state index in [1.54, 1.807) is 6.26 Å². The molecule has 3 N–H and O–H groups in total. The molecule has 1 fully saturated rings. The van der Waals surface area contributed by atoms with E-state index in [9.17, 15) is 5.11 Å². The Morgan fingerprint density at radius 2 is 2.30 bits per heavy atom. The molecule has 0 radical (unpaired) electrons. The van der Waals surface area contributed by atoms with Crippen molar-refractivity contribution in [2.45, 2.75) is 44.0 Å². The molecule has 0 bridgehead atoms. The van der Waals surface area contributed by atoms with Gasteiger partial charge >= 0.3 is 0 Å². The van der Waals surface area contributed by atoms with E-state index >= 15 is 0 Å². The van der Waals surface area contributed by atoms with Crippen LogP contribution >= 0.6 is 35.7 Å². The van der Waals surface area contributed by atoms with Gasteiger partial charge in [0.2, 0.25) is 0 Å². The molecule has 1 aliphatic carbocycles. The lowest BCUT2D eigenvalue weighted by Gasteiger charge is -2.44. The van der Waals surface area contributed by atoms with E-state index < -0.39 is 5.60 Å². The zero-order chi connectivity index (χ0) is 15.8. The summed E-state index contributed by atoms with van der Waals surface area (Å²) in [4.78, 5) is 4.56. The fourth-order valence-electron chi connectivity index (χ4n) is 2.53. The summed E-state index contributed by atoms with van der Waals surface area (Å²) in [5.74, 6) is 2.76. The lowest BCUT2D eigenvalue weighted by atomic mass is 9.79. The third-order valence-electron chi connectivity index (χ3n) is 3.91. The van der Waals surface area contributed by atoms with Crippen molar-refractivity contribution < 1.29 is 9.52 Å².